The predicted molar refractivity (Wildman–Crippen MR) is 74.2 cm³/mol. The molecule has 0 aromatic carbocycles. The fourth-order valence-corrected chi connectivity index (χ4v) is 3.29. The smallest absolute Gasteiger partial charge is 0.337 e. The van der Waals surface area contributed by atoms with Crippen LogP contribution in [0.5, 0.6) is 0 Å². The minimum Gasteiger partial charge on any atom is -0.478 e. The van der Waals surface area contributed by atoms with E-state index in [1.807, 2.05) is 11.8 Å². The summed E-state index contributed by atoms with van der Waals surface area (Å²) in [6.07, 6.45) is 3.84. The molecule has 1 atom stereocenters. The molecule has 2 heterocycles. The van der Waals surface area contributed by atoms with Gasteiger partial charge >= 0.3 is 5.97 Å². The van der Waals surface area contributed by atoms with Crippen LogP contribution in [-0.4, -0.2) is 33.1 Å². The number of carboxylic acids is 1. The summed E-state index contributed by atoms with van der Waals surface area (Å²) in [4.78, 5) is 15.1. The maximum absolute atomic E-state index is 11.0. The summed E-state index contributed by atoms with van der Waals surface area (Å²) in [6.45, 7) is 2.95. The molecule has 4 N–H and O–H groups in total. The highest BCUT2D eigenvalue weighted by Gasteiger charge is 2.29. The molecule has 6 heteroatoms. The van der Waals surface area contributed by atoms with E-state index in [0.717, 1.165) is 13.0 Å². The Labute approximate surface area is 110 Å². The van der Waals surface area contributed by atoms with Crippen LogP contribution >= 0.6 is 11.8 Å². The van der Waals surface area contributed by atoms with Crippen molar-refractivity contribution in [3.05, 3.63) is 17.8 Å². The predicted octanol–water partition coefficient (Wildman–Crippen LogP) is 2.06. The highest BCUT2D eigenvalue weighted by molar-refractivity contribution is 8.00. The van der Waals surface area contributed by atoms with Crippen LogP contribution in [0.25, 0.3) is 0 Å². The van der Waals surface area contributed by atoms with Gasteiger partial charge in [0.2, 0.25) is 0 Å². The number of anilines is 2. The van der Waals surface area contributed by atoms with Crippen molar-refractivity contribution in [2.24, 2.45) is 0 Å². The van der Waals surface area contributed by atoms with Crippen molar-refractivity contribution >= 4 is 29.2 Å². The van der Waals surface area contributed by atoms with Gasteiger partial charge in [0.15, 0.2) is 0 Å². The third-order valence-corrected chi connectivity index (χ3v) is 4.69. The average Bonchev–Trinajstić information content (AvgIpc) is 2.75. The second-order valence-electron chi connectivity index (χ2n) is 4.68. The molecule has 1 aromatic heterocycles. The third kappa shape index (κ3) is 2.69. The number of thioether (sulfide) groups is 1. The van der Waals surface area contributed by atoms with Crippen molar-refractivity contribution in [3.8, 4) is 0 Å². The monoisotopic (exact) mass is 267 g/mol. The molecular weight excluding hydrogens is 250 g/mol. The van der Waals surface area contributed by atoms with Gasteiger partial charge in [-0.15, -0.1) is 0 Å². The van der Waals surface area contributed by atoms with Gasteiger partial charge in [-0.05, 0) is 31.6 Å². The molecular formula is C12H17N3O2S. The van der Waals surface area contributed by atoms with Gasteiger partial charge in [-0.3, -0.25) is 0 Å². The van der Waals surface area contributed by atoms with Crippen LogP contribution in [0.15, 0.2) is 12.3 Å². The largest absolute Gasteiger partial charge is 0.478 e. The molecule has 1 aliphatic rings. The number of hydrogen-bond donors (Lipinski definition) is 3. The Morgan fingerprint density at radius 3 is 3.11 bits per heavy atom. The van der Waals surface area contributed by atoms with Crippen LogP contribution < -0.4 is 11.1 Å². The second kappa shape index (κ2) is 5.06. The summed E-state index contributed by atoms with van der Waals surface area (Å²) in [7, 11) is 0. The van der Waals surface area contributed by atoms with E-state index in [4.69, 9.17) is 10.8 Å². The van der Waals surface area contributed by atoms with Crippen molar-refractivity contribution in [3.63, 3.8) is 0 Å². The molecule has 1 saturated heterocycles. The molecule has 18 heavy (non-hydrogen) atoms. The Hall–Kier alpha value is -1.43. The summed E-state index contributed by atoms with van der Waals surface area (Å²) >= 11 is 1.93. The number of aromatic nitrogens is 1. The Bertz CT molecular complexity index is 459. The first kappa shape index (κ1) is 13.0. The molecule has 2 rings (SSSR count). The van der Waals surface area contributed by atoms with Crippen LogP contribution in [-0.2, 0) is 0 Å². The molecule has 1 aromatic rings. The average molecular weight is 267 g/mol. The third-order valence-electron chi connectivity index (χ3n) is 3.15. The molecule has 0 aliphatic carbocycles. The van der Waals surface area contributed by atoms with E-state index in [0.29, 0.717) is 5.82 Å². The van der Waals surface area contributed by atoms with Crippen molar-refractivity contribution in [2.45, 2.75) is 24.5 Å². The molecule has 98 valence electrons. The summed E-state index contributed by atoms with van der Waals surface area (Å²) in [6, 6.07) is 1.41. The van der Waals surface area contributed by atoms with E-state index in [1.165, 1.54) is 24.4 Å². The van der Waals surface area contributed by atoms with Gasteiger partial charge in [0, 0.05) is 17.5 Å². The van der Waals surface area contributed by atoms with Gasteiger partial charge in [0.25, 0.3) is 0 Å². The van der Waals surface area contributed by atoms with E-state index < -0.39 is 5.97 Å². The zero-order valence-electron chi connectivity index (χ0n) is 10.3. The molecule has 0 radical (unpaired) electrons. The summed E-state index contributed by atoms with van der Waals surface area (Å²) in [5, 5.41) is 12.2. The van der Waals surface area contributed by atoms with Crippen LogP contribution in [0.1, 0.15) is 30.1 Å². The summed E-state index contributed by atoms with van der Waals surface area (Å²) < 4.78 is 0.188. The standard InChI is InChI=1S/C12H17N3O2S/c1-12(4-2-6-18-12)7-15-10-9(13)8(11(16)17)3-5-14-10/h3,5H,2,4,6-7,13H2,1H3,(H,14,15)(H,16,17). The van der Waals surface area contributed by atoms with E-state index in [-0.39, 0.29) is 16.0 Å². The molecule has 1 aliphatic heterocycles. The quantitative estimate of drug-likeness (QED) is 0.774. The van der Waals surface area contributed by atoms with Gasteiger partial charge in [-0.1, -0.05) is 0 Å². The van der Waals surface area contributed by atoms with Gasteiger partial charge in [0.05, 0.1) is 11.3 Å². The van der Waals surface area contributed by atoms with Crippen molar-refractivity contribution in [1.82, 2.24) is 4.98 Å². The maximum atomic E-state index is 11.0. The number of carbonyl (C=O) groups is 1. The Morgan fingerprint density at radius 1 is 1.72 bits per heavy atom. The molecule has 0 amide bonds. The van der Waals surface area contributed by atoms with Crippen LogP contribution in [0.4, 0.5) is 11.5 Å². The first-order valence-electron chi connectivity index (χ1n) is 5.87. The highest BCUT2D eigenvalue weighted by atomic mass is 32.2. The maximum Gasteiger partial charge on any atom is 0.337 e. The van der Waals surface area contributed by atoms with Crippen LogP contribution in [0.2, 0.25) is 0 Å². The fraction of sp³-hybridized carbons (Fsp3) is 0.500. The Morgan fingerprint density at radius 2 is 2.50 bits per heavy atom. The topological polar surface area (TPSA) is 88.2 Å². The number of nitrogens with one attached hydrogen (secondary N) is 1. The van der Waals surface area contributed by atoms with Gasteiger partial charge < -0.3 is 16.2 Å². The van der Waals surface area contributed by atoms with Crippen LogP contribution in [0, 0.1) is 0 Å². The van der Waals surface area contributed by atoms with Crippen LogP contribution in [0.3, 0.4) is 0 Å². The number of nitrogen functional groups attached to an aromatic ring is 1. The minimum absolute atomic E-state index is 0.0942. The molecule has 0 bridgehead atoms. The van der Waals surface area contributed by atoms with E-state index in [1.54, 1.807) is 0 Å². The first-order chi connectivity index (χ1) is 8.52. The number of carboxylic acid groups (broad SMARTS) is 1. The number of rotatable bonds is 4. The zero-order valence-corrected chi connectivity index (χ0v) is 11.1. The lowest BCUT2D eigenvalue weighted by atomic mass is 10.1. The summed E-state index contributed by atoms with van der Waals surface area (Å²) in [5.41, 5.74) is 6.10. The number of nitrogens with two attached hydrogens (primary N) is 1. The number of pyridine rings is 1. The number of hydrogen-bond acceptors (Lipinski definition) is 5. The van der Waals surface area contributed by atoms with E-state index in [2.05, 4.69) is 17.2 Å². The zero-order chi connectivity index (χ0) is 13.2. The minimum atomic E-state index is -1.03. The number of nitrogens with zero attached hydrogens (tertiary/aromatic N) is 1. The molecule has 0 spiro atoms. The highest BCUT2D eigenvalue weighted by Crippen LogP contribution is 2.37. The van der Waals surface area contributed by atoms with Crippen molar-refractivity contribution in [2.75, 3.05) is 23.3 Å². The normalized spacial score (nSPS) is 22.9. The van der Waals surface area contributed by atoms with Crippen molar-refractivity contribution in [1.29, 1.82) is 0 Å². The lowest BCUT2D eigenvalue weighted by Gasteiger charge is -2.23. The molecule has 5 nitrogen and oxygen atoms in total. The molecule has 1 unspecified atom stereocenters. The van der Waals surface area contributed by atoms with Gasteiger partial charge in [-0.2, -0.15) is 11.8 Å². The lowest BCUT2D eigenvalue weighted by molar-refractivity contribution is 0.0698. The molecule has 1 fully saturated rings. The molecule has 0 saturated carbocycles. The number of aromatic carboxylic acids is 1. The Kier molecular flexibility index (Phi) is 3.65. The second-order valence-corrected chi connectivity index (χ2v) is 6.36. The van der Waals surface area contributed by atoms with E-state index in [9.17, 15) is 4.79 Å². The van der Waals surface area contributed by atoms with Gasteiger partial charge in [-0.25, -0.2) is 9.78 Å². The SMILES string of the molecule is CC1(CNc2nccc(C(=O)O)c2N)CCCS1. The Balaban J connectivity index is 2.10. The van der Waals surface area contributed by atoms with E-state index >= 15 is 0 Å². The fourth-order valence-electron chi connectivity index (χ4n) is 2.05. The van der Waals surface area contributed by atoms with Gasteiger partial charge in [0.1, 0.15) is 5.82 Å². The van der Waals surface area contributed by atoms with Crippen molar-refractivity contribution < 1.29 is 9.90 Å². The first-order valence-corrected chi connectivity index (χ1v) is 6.86. The summed E-state index contributed by atoms with van der Waals surface area (Å²) in [5.74, 6) is 0.610. The lowest BCUT2D eigenvalue weighted by Crippen LogP contribution is -2.27.